The summed E-state index contributed by atoms with van der Waals surface area (Å²) in [5, 5.41) is 2.74. The molecular formula is C22H22N2O4S. The fourth-order valence-corrected chi connectivity index (χ4v) is 3.72. The Morgan fingerprint density at radius 1 is 0.897 bits per heavy atom. The van der Waals surface area contributed by atoms with Crippen LogP contribution in [0.3, 0.4) is 0 Å². The lowest BCUT2D eigenvalue weighted by Gasteiger charge is -2.13. The Labute approximate surface area is 170 Å². The third-order valence-electron chi connectivity index (χ3n) is 4.15. The topological polar surface area (TPSA) is 84.5 Å². The van der Waals surface area contributed by atoms with E-state index in [1.165, 1.54) is 12.1 Å². The summed E-state index contributed by atoms with van der Waals surface area (Å²) in [5.74, 6) is 0.330. The predicted molar refractivity (Wildman–Crippen MR) is 113 cm³/mol. The van der Waals surface area contributed by atoms with E-state index in [0.717, 1.165) is 5.56 Å². The quantitative estimate of drug-likeness (QED) is 0.556. The number of hydrogen-bond acceptors (Lipinski definition) is 4. The van der Waals surface area contributed by atoms with E-state index in [4.69, 9.17) is 4.74 Å². The molecule has 0 spiro atoms. The van der Waals surface area contributed by atoms with Crippen molar-refractivity contribution in [1.82, 2.24) is 5.32 Å². The number of para-hydroxylation sites is 2. The number of aryl methyl sites for hydroxylation is 1. The highest BCUT2D eigenvalue weighted by molar-refractivity contribution is 7.92. The van der Waals surface area contributed by atoms with E-state index in [-0.39, 0.29) is 28.6 Å². The SMILES string of the molecule is Cc1ccc(S(=O)(=O)Nc2ccccc2C(=O)NCCOc2ccccc2)cc1. The zero-order valence-corrected chi connectivity index (χ0v) is 16.8. The van der Waals surface area contributed by atoms with Crippen LogP contribution in [-0.2, 0) is 10.0 Å². The molecule has 0 radical (unpaired) electrons. The third-order valence-corrected chi connectivity index (χ3v) is 5.53. The molecule has 3 rings (SSSR count). The number of carbonyl (C=O) groups excluding carboxylic acids is 1. The minimum Gasteiger partial charge on any atom is -0.492 e. The summed E-state index contributed by atoms with van der Waals surface area (Å²) in [6.07, 6.45) is 0. The van der Waals surface area contributed by atoms with Crippen LogP contribution in [0, 0.1) is 6.92 Å². The minimum atomic E-state index is -3.80. The van der Waals surface area contributed by atoms with E-state index in [0.29, 0.717) is 12.4 Å². The summed E-state index contributed by atoms with van der Waals surface area (Å²) in [7, 11) is -3.80. The van der Waals surface area contributed by atoms with Gasteiger partial charge in [0.25, 0.3) is 15.9 Å². The Morgan fingerprint density at radius 2 is 1.55 bits per heavy atom. The van der Waals surface area contributed by atoms with E-state index in [2.05, 4.69) is 10.0 Å². The number of amides is 1. The summed E-state index contributed by atoms with van der Waals surface area (Å²) in [6.45, 7) is 2.46. The van der Waals surface area contributed by atoms with Crippen molar-refractivity contribution in [3.05, 3.63) is 90.0 Å². The number of rotatable bonds is 8. The van der Waals surface area contributed by atoms with Crippen LogP contribution < -0.4 is 14.8 Å². The predicted octanol–water partition coefficient (Wildman–Crippen LogP) is 3.60. The van der Waals surface area contributed by atoms with Gasteiger partial charge < -0.3 is 10.1 Å². The minimum absolute atomic E-state index is 0.134. The fourth-order valence-electron chi connectivity index (χ4n) is 2.64. The molecule has 2 N–H and O–H groups in total. The maximum absolute atomic E-state index is 12.6. The molecule has 29 heavy (non-hydrogen) atoms. The number of carbonyl (C=O) groups is 1. The molecule has 1 amide bonds. The van der Waals surface area contributed by atoms with Crippen LogP contribution in [-0.4, -0.2) is 27.5 Å². The summed E-state index contributed by atoms with van der Waals surface area (Å²) >= 11 is 0. The smallest absolute Gasteiger partial charge is 0.261 e. The van der Waals surface area contributed by atoms with Crippen molar-refractivity contribution < 1.29 is 17.9 Å². The molecule has 7 heteroatoms. The first-order valence-corrected chi connectivity index (χ1v) is 10.6. The second kappa shape index (κ2) is 9.25. The van der Waals surface area contributed by atoms with E-state index in [1.807, 2.05) is 37.3 Å². The number of ether oxygens (including phenoxy) is 1. The first kappa shape index (κ1) is 20.4. The molecule has 0 unspecified atom stereocenters. The fraction of sp³-hybridized carbons (Fsp3) is 0.136. The monoisotopic (exact) mass is 410 g/mol. The lowest BCUT2D eigenvalue weighted by molar-refractivity contribution is 0.0948. The summed E-state index contributed by atoms with van der Waals surface area (Å²) in [5.41, 5.74) is 1.42. The van der Waals surface area contributed by atoms with Gasteiger partial charge in [0.2, 0.25) is 0 Å². The second-order valence-electron chi connectivity index (χ2n) is 6.38. The largest absolute Gasteiger partial charge is 0.492 e. The molecule has 0 aliphatic heterocycles. The second-order valence-corrected chi connectivity index (χ2v) is 8.06. The highest BCUT2D eigenvalue weighted by Gasteiger charge is 2.18. The first-order chi connectivity index (χ1) is 14.0. The van der Waals surface area contributed by atoms with Crippen molar-refractivity contribution in [2.45, 2.75) is 11.8 Å². The third kappa shape index (κ3) is 5.58. The lowest BCUT2D eigenvalue weighted by Crippen LogP contribution is -2.29. The molecule has 3 aromatic carbocycles. The number of sulfonamides is 1. The standard InChI is InChI=1S/C22H22N2O4S/c1-17-11-13-19(14-12-17)29(26,27)24-21-10-6-5-9-20(21)22(25)23-15-16-28-18-7-3-2-4-8-18/h2-14,24H,15-16H2,1H3,(H,23,25). The van der Waals surface area contributed by atoms with Gasteiger partial charge in [0, 0.05) is 0 Å². The average Bonchev–Trinajstić information content (AvgIpc) is 2.72. The van der Waals surface area contributed by atoms with Gasteiger partial charge in [-0.25, -0.2) is 8.42 Å². The van der Waals surface area contributed by atoms with Gasteiger partial charge in [0.05, 0.1) is 22.7 Å². The van der Waals surface area contributed by atoms with E-state index >= 15 is 0 Å². The van der Waals surface area contributed by atoms with Crippen LogP contribution in [0.1, 0.15) is 15.9 Å². The van der Waals surface area contributed by atoms with Crippen LogP contribution in [0.4, 0.5) is 5.69 Å². The van der Waals surface area contributed by atoms with Crippen LogP contribution in [0.25, 0.3) is 0 Å². The van der Waals surface area contributed by atoms with Gasteiger partial charge >= 0.3 is 0 Å². The number of anilines is 1. The van der Waals surface area contributed by atoms with Gasteiger partial charge in [-0.1, -0.05) is 48.0 Å². The summed E-state index contributed by atoms with van der Waals surface area (Å²) in [4.78, 5) is 12.7. The van der Waals surface area contributed by atoms with Gasteiger partial charge in [0.1, 0.15) is 12.4 Å². The molecule has 0 fully saturated rings. The van der Waals surface area contributed by atoms with Gasteiger partial charge in [-0.3, -0.25) is 9.52 Å². The number of nitrogens with one attached hydrogen (secondary N) is 2. The summed E-state index contributed by atoms with van der Waals surface area (Å²) < 4.78 is 33.3. The molecule has 0 aromatic heterocycles. The Hall–Kier alpha value is -3.32. The van der Waals surface area contributed by atoms with Gasteiger partial charge in [-0.05, 0) is 43.3 Å². The highest BCUT2D eigenvalue weighted by atomic mass is 32.2. The van der Waals surface area contributed by atoms with Crippen molar-refractivity contribution >= 4 is 21.6 Å². The molecule has 0 aliphatic carbocycles. The molecule has 0 heterocycles. The maximum Gasteiger partial charge on any atom is 0.261 e. The Morgan fingerprint density at radius 3 is 2.28 bits per heavy atom. The zero-order chi connectivity index (χ0) is 20.7. The van der Waals surface area contributed by atoms with Crippen LogP contribution in [0.15, 0.2) is 83.8 Å². The Bertz CT molecular complexity index is 1070. The van der Waals surface area contributed by atoms with Crippen LogP contribution >= 0.6 is 0 Å². The number of benzene rings is 3. The lowest BCUT2D eigenvalue weighted by atomic mass is 10.1. The normalized spacial score (nSPS) is 10.9. The molecular weight excluding hydrogens is 388 g/mol. The first-order valence-electron chi connectivity index (χ1n) is 9.10. The van der Waals surface area contributed by atoms with E-state index < -0.39 is 10.0 Å². The molecule has 0 bridgehead atoms. The van der Waals surface area contributed by atoms with E-state index in [9.17, 15) is 13.2 Å². The molecule has 3 aromatic rings. The molecule has 0 atom stereocenters. The molecule has 0 saturated carbocycles. The maximum atomic E-state index is 12.6. The van der Waals surface area contributed by atoms with Crippen molar-refractivity contribution in [3.63, 3.8) is 0 Å². The summed E-state index contributed by atoms with van der Waals surface area (Å²) in [6, 6.07) is 22.3. The van der Waals surface area contributed by atoms with Gasteiger partial charge in [-0.15, -0.1) is 0 Å². The number of hydrogen-bond donors (Lipinski definition) is 2. The molecule has 0 saturated heterocycles. The van der Waals surface area contributed by atoms with Crippen molar-refractivity contribution in [3.8, 4) is 5.75 Å². The van der Waals surface area contributed by atoms with Gasteiger partial charge in [0.15, 0.2) is 0 Å². The molecule has 0 aliphatic rings. The van der Waals surface area contributed by atoms with E-state index in [1.54, 1.807) is 36.4 Å². The average molecular weight is 410 g/mol. The van der Waals surface area contributed by atoms with Crippen molar-refractivity contribution in [2.75, 3.05) is 17.9 Å². The van der Waals surface area contributed by atoms with Crippen molar-refractivity contribution in [2.24, 2.45) is 0 Å². The van der Waals surface area contributed by atoms with Crippen LogP contribution in [0.2, 0.25) is 0 Å². The Kier molecular flexibility index (Phi) is 6.51. The molecule has 150 valence electrons. The van der Waals surface area contributed by atoms with Crippen LogP contribution in [0.5, 0.6) is 5.75 Å². The molecule has 6 nitrogen and oxygen atoms in total. The Balaban J connectivity index is 1.65. The zero-order valence-electron chi connectivity index (χ0n) is 16.0. The van der Waals surface area contributed by atoms with Crippen molar-refractivity contribution in [1.29, 1.82) is 0 Å². The highest BCUT2D eigenvalue weighted by Crippen LogP contribution is 2.20. The van der Waals surface area contributed by atoms with Gasteiger partial charge in [-0.2, -0.15) is 0 Å².